The minimum absolute atomic E-state index is 0.200. The van der Waals surface area contributed by atoms with Crippen LogP contribution in [0.15, 0.2) is 24.3 Å². The predicted octanol–water partition coefficient (Wildman–Crippen LogP) is 1.49. The van der Waals surface area contributed by atoms with Gasteiger partial charge in [0.15, 0.2) is 0 Å². The van der Waals surface area contributed by atoms with Crippen LogP contribution in [0, 0.1) is 5.92 Å². The fourth-order valence-electron chi connectivity index (χ4n) is 2.34. The second-order valence-electron chi connectivity index (χ2n) is 4.51. The Labute approximate surface area is 94.4 Å². The van der Waals surface area contributed by atoms with E-state index in [4.69, 9.17) is 5.84 Å². The van der Waals surface area contributed by atoms with Crippen molar-refractivity contribution < 1.29 is 0 Å². The number of rotatable bonds is 3. The van der Waals surface area contributed by atoms with E-state index in [1.54, 1.807) is 0 Å². The van der Waals surface area contributed by atoms with Crippen LogP contribution in [0.5, 0.6) is 0 Å². The third-order valence-corrected chi connectivity index (χ3v) is 3.35. The topological polar surface area (TPSA) is 55.9 Å². The quantitative estimate of drug-likeness (QED) is 0.603. The van der Waals surface area contributed by atoms with Crippen LogP contribution in [0.2, 0.25) is 0 Å². The van der Waals surface area contributed by atoms with Gasteiger partial charge in [-0.05, 0) is 24.8 Å². The highest BCUT2D eigenvalue weighted by Crippen LogP contribution is 2.41. The van der Waals surface area contributed by atoms with Gasteiger partial charge in [0.2, 0.25) is 0 Å². The number of nitrogens with two attached hydrogens (primary N) is 1. The lowest BCUT2D eigenvalue weighted by Gasteiger charge is -2.12. The maximum Gasteiger partial charge on any atom is 0.0888 e. The van der Waals surface area contributed by atoms with Crippen LogP contribution in [-0.4, -0.2) is 9.78 Å². The van der Waals surface area contributed by atoms with Gasteiger partial charge >= 0.3 is 0 Å². The third kappa shape index (κ3) is 1.42. The third-order valence-electron chi connectivity index (χ3n) is 3.35. The van der Waals surface area contributed by atoms with E-state index >= 15 is 0 Å². The van der Waals surface area contributed by atoms with Crippen molar-refractivity contribution in [2.75, 3.05) is 0 Å². The standard InChI is InChI=1S/C12H16N4/c1-16-10-5-3-2-4-9(10)12(15-16)11(14-13)8-6-7-8/h2-5,8,11,14H,6-7,13H2,1H3. The highest BCUT2D eigenvalue weighted by atomic mass is 15.3. The van der Waals surface area contributed by atoms with Crippen LogP contribution >= 0.6 is 0 Å². The summed E-state index contributed by atoms with van der Waals surface area (Å²) < 4.78 is 1.93. The Balaban J connectivity index is 2.15. The lowest BCUT2D eigenvalue weighted by Crippen LogP contribution is -2.30. The number of nitrogens with zero attached hydrogens (tertiary/aromatic N) is 2. The lowest BCUT2D eigenvalue weighted by atomic mass is 10.1. The van der Waals surface area contributed by atoms with E-state index < -0.39 is 0 Å². The molecule has 1 aliphatic carbocycles. The number of hydrogen-bond acceptors (Lipinski definition) is 3. The van der Waals surface area contributed by atoms with E-state index in [0.29, 0.717) is 5.92 Å². The van der Waals surface area contributed by atoms with Crippen molar-refractivity contribution in [2.45, 2.75) is 18.9 Å². The molecule has 0 radical (unpaired) electrons. The van der Waals surface area contributed by atoms with Crippen LogP contribution in [0.25, 0.3) is 10.9 Å². The van der Waals surface area contributed by atoms with Crippen LogP contribution in [-0.2, 0) is 7.05 Å². The highest BCUT2D eigenvalue weighted by molar-refractivity contribution is 5.82. The minimum Gasteiger partial charge on any atom is -0.271 e. The number of fused-ring (bicyclic) bond motifs is 1. The van der Waals surface area contributed by atoms with Gasteiger partial charge in [-0.15, -0.1) is 0 Å². The maximum absolute atomic E-state index is 5.65. The van der Waals surface area contributed by atoms with Crippen molar-refractivity contribution in [1.82, 2.24) is 15.2 Å². The smallest absolute Gasteiger partial charge is 0.0888 e. The number of nitrogens with one attached hydrogen (secondary N) is 1. The summed E-state index contributed by atoms with van der Waals surface area (Å²) in [5.41, 5.74) is 5.16. The van der Waals surface area contributed by atoms with E-state index in [-0.39, 0.29) is 6.04 Å². The average molecular weight is 216 g/mol. The van der Waals surface area contributed by atoms with E-state index in [2.05, 4.69) is 22.7 Å². The summed E-state index contributed by atoms with van der Waals surface area (Å²) >= 11 is 0. The first kappa shape index (κ1) is 9.81. The zero-order valence-electron chi connectivity index (χ0n) is 9.35. The molecule has 3 rings (SSSR count). The van der Waals surface area contributed by atoms with Crippen LogP contribution in [0.1, 0.15) is 24.6 Å². The number of para-hydroxylation sites is 1. The molecule has 4 nitrogen and oxygen atoms in total. The first-order chi connectivity index (χ1) is 7.81. The second-order valence-corrected chi connectivity index (χ2v) is 4.51. The Kier molecular flexibility index (Phi) is 2.19. The SMILES string of the molecule is Cn1nc(C(NN)C2CC2)c2ccccc21. The number of hydrogen-bond donors (Lipinski definition) is 2. The minimum atomic E-state index is 0.200. The summed E-state index contributed by atoms with van der Waals surface area (Å²) in [6.07, 6.45) is 2.50. The molecular weight excluding hydrogens is 200 g/mol. The molecule has 1 saturated carbocycles. The number of aryl methyl sites for hydroxylation is 1. The summed E-state index contributed by atoms with van der Waals surface area (Å²) in [7, 11) is 1.98. The normalized spacial score (nSPS) is 17.9. The molecule has 1 aromatic heterocycles. The molecule has 0 spiro atoms. The molecule has 0 amide bonds. The van der Waals surface area contributed by atoms with Gasteiger partial charge in [-0.2, -0.15) is 5.10 Å². The summed E-state index contributed by atoms with van der Waals surface area (Å²) in [5.74, 6) is 6.30. The molecule has 0 aliphatic heterocycles. The number of benzene rings is 1. The fraction of sp³-hybridized carbons (Fsp3) is 0.417. The molecule has 1 atom stereocenters. The Hall–Kier alpha value is -1.39. The van der Waals surface area contributed by atoms with Crippen molar-refractivity contribution in [1.29, 1.82) is 0 Å². The molecule has 1 fully saturated rings. The van der Waals surface area contributed by atoms with Gasteiger partial charge in [-0.25, -0.2) is 0 Å². The second kappa shape index (κ2) is 3.57. The zero-order valence-corrected chi connectivity index (χ0v) is 9.35. The molecule has 0 bridgehead atoms. The van der Waals surface area contributed by atoms with Crippen LogP contribution < -0.4 is 11.3 Å². The molecule has 4 heteroatoms. The van der Waals surface area contributed by atoms with Crippen molar-refractivity contribution in [3.8, 4) is 0 Å². The van der Waals surface area contributed by atoms with E-state index in [1.807, 2.05) is 23.9 Å². The Morgan fingerprint density at radius 2 is 2.19 bits per heavy atom. The van der Waals surface area contributed by atoms with Crippen molar-refractivity contribution in [2.24, 2.45) is 18.8 Å². The zero-order chi connectivity index (χ0) is 11.1. The monoisotopic (exact) mass is 216 g/mol. The molecule has 3 N–H and O–H groups in total. The molecule has 84 valence electrons. The number of aromatic nitrogens is 2. The summed E-state index contributed by atoms with van der Waals surface area (Å²) in [6, 6.07) is 8.49. The predicted molar refractivity (Wildman–Crippen MR) is 63.5 cm³/mol. The van der Waals surface area contributed by atoms with Crippen molar-refractivity contribution in [3.63, 3.8) is 0 Å². The Morgan fingerprint density at radius 3 is 2.88 bits per heavy atom. The number of hydrazine groups is 1. The molecule has 2 aromatic rings. The average Bonchev–Trinajstić information content (AvgIpc) is 3.08. The molecular formula is C12H16N4. The molecule has 1 aliphatic rings. The summed E-state index contributed by atoms with van der Waals surface area (Å²) in [5, 5.41) is 5.80. The Bertz CT molecular complexity index is 513. The first-order valence-corrected chi connectivity index (χ1v) is 5.69. The largest absolute Gasteiger partial charge is 0.271 e. The molecule has 0 saturated heterocycles. The molecule has 1 heterocycles. The van der Waals surface area contributed by atoms with Gasteiger partial charge in [0, 0.05) is 12.4 Å². The van der Waals surface area contributed by atoms with E-state index in [9.17, 15) is 0 Å². The lowest BCUT2D eigenvalue weighted by molar-refractivity contribution is 0.481. The van der Waals surface area contributed by atoms with Gasteiger partial charge in [0.1, 0.15) is 0 Å². The molecule has 1 aromatic carbocycles. The van der Waals surface area contributed by atoms with E-state index in [1.165, 1.54) is 23.7 Å². The van der Waals surface area contributed by atoms with Crippen molar-refractivity contribution >= 4 is 10.9 Å². The van der Waals surface area contributed by atoms with Crippen LogP contribution in [0.3, 0.4) is 0 Å². The Morgan fingerprint density at radius 1 is 1.44 bits per heavy atom. The van der Waals surface area contributed by atoms with Gasteiger partial charge in [-0.1, -0.05) is 18.2 Å². The first-order valence-electron chi connectivity index (χ1n) is 5.69. The van der Waals surface area contributed by atoms with Gasteiger partial charge < -0.3 is 0 Å². The highest BCUT2D eigenvalue weighted by Gasteiger charge is 2.34. The van der Waals surface area contributed by atoms with Gasteiger partial charge in [0.25, 0.3) is 0 Å². The van der Waals surface area contributed by atoms with Gasteiger partial charge in [-0.3, -0.25) is 16.0 Å². The van der Waals surface area contributed by atoms with Crippen LogP contribution in [0.4, 0.5) is 0 Å². The molecule has 16 heavy (non-hydrogen) atoms. The van der Waals surface area contributed by atoms with Gasteiger partial charge in [0.05, 0.1) is 17.3 Å². The molecule has 1 unspecified atom stereocenters. The maximum atomic E-state index is 5.65. The fourth-order valence-corrected chi connectivity index (χ4v) is 2.34. The summed E-state index contributed by atoms with van der Waals surface area (Å²) in [6.45, 7) is 0. The van der Waals surface area contributed by atoms with E-state index in [0.717, 1.165) is 5.69 Å². The van der Waals surface area contributed by atoms with Crippen molar-refractivity contribution in [3.05, 3.63) is 30.0 Å². The summed E-state index contributed by atoms with van der Waals surface area (Å²) in [4.78, 5) is 0.